The summed E-state index contributed by atoms with van der Waals surface area (Å²) in [6, 6.07) is 8.76. The average Bonchev–Trinajstić information content (AvgIpc) is 3.37. The van der Waals surface area contributed by atoms with Crippen LogP contribution in [-0.2, 0) is 26.6 Å². The molecule has 1 aliphatic rings. The van der Waals surface area contributed by atoms with Gasteiger partial charge in [0.05, 0.1) is 16.3 Å². The maximum Gasteiger partial charge on any atom is 0.243 e. The highest BCUT2D eigenvalue weighted by Crippen LogP contribution is 2.31. The molecule has 1 atom stereocenters. The van der Waals surface area contributed by atoms with Crippen molar-refractivity contribution in [3.05, 3.63) is 47.9 Å². The smallest absolute Gasteiger partial charge is 0.243 e. The number of hydrogen-bond donors (Lipinski definition) is 1. The van der Waals surface area contributed by atoms with Crippen molar-refractivity contribution in [2.75, 3.05) is 0 Å². The summed E-state index contributed by atoms with van der Waals surface area (Å²) in [5.74, 6) is 1.33. The Labute approximate surface area is 179 Å². The standard InChI is InChI=1S/C21H30N2O5S2/c1-4-16(2)22-29(24,25)20-11-13-21(14-12-20)30(26,27)23(18-7-5-6-8-18)15-19-10-9-17(3)28-19/h9-14,16,18,22H,4-8,15H2,1-3H3/t16-/m0/s1. The highest BCUT2D eigenvalue weighted by Gasteiger charge is 2.34. The summed E-state index contributed by atoms with van der Waals surface area (Å²) in [7, 11) is -7.49. The van der Waals surface area contributed by atoms with Gasteiger partial charge in [0.25, 0.3) is 0 Å². The van der Waals surface area contributed by atoms with E-state index in [9.17, 15) is 16.8 Å². The molecule has 1 N–H and O–H groups in total. The van der Waals surface area contributed by atoms with Crippen molar-refractivity contribution in [3.63, 3.8) is 0 Å². The Hall–Kier alpha value is -1.68. The highest BCUT2D eigenvalue weighted by molar-refractivity contribution is 7.89. The summed E-state index contributed by atoms with van der Waals surface area (Å²) in [6.07, 6.45) is 4.27. The Bertz CT molecular complexity index is 1050. The summed E-state index contributed by atoms with van der Waals surface area (Å²) < 4.78 is 61.5. The predicted molar refractivity (Wildman–Crippen MR) is 115 cm³/mol. The fourth-order valence-electron chi connectivity index (χ4n) is 3.67. The molecule has 0 amide bonds. The van der Waals surface area contributed by atoms with Crippen LogP contribution in [0.25, 0.3) is 0 Å². The van der Waals surface area contributed by atoms with Gasteiger partial charge in [-0.3, -0.25) is 0 Å². The Morgan fingerprint density at radius 3 is 2.17 bits per heavy atom. The first-order chi connectivity index (χ1) is 14.1. The van der Waals surface area contributed by atoms with Crippen molar-refractivity contribution in [2.24, 2.45) is 0 Å². The van der Waals surface area contributed by atoms with Crippen molar-refractivity contribution < 1.29 is 21.3 Å². The number of rotatable bonds is 9. The predicted octanol–water partition coefficient (Wildman–Crippen LogP) is 3.80. The van der Waals surface area contributed by atoms with E-state index in [2.05, 4.69) is 4.72 Å². The maximum absolute atomic E-state index is 13.4. The fourth-order valence-corrected chi connectivity index (χ4v) is 6.65. The Morgan fingerprint density at radius 1 is 1.03 bits per heavy atom. The number of benzene rings is 1. The fraction of sp³-hybridized carbons (Fsp3) is 0.524. The van der Waals surface area contributed by atoms with Gasteiger partial charge in [-0.15, -0.1) is 0 Å². The number of sulfonamides is 2. The Kier molecular flexibility index (Phi) is 7.06. The summed E-state index contributed by atoms with van der Waals surface area (Å²) >= 11 is 0. The molecule has 1 aromatic carbocycles. The molecule has 0 aliphatic heterocycles. The minimum Gasteiger partial charge on any atom is -0.465 e. The van der Waals surface area contributed by atoms with Gasteiger partial charge < -0.3 is 4.42 Å². The molecule has 166 valence electrons. The van der Waals surface area contributed by atoms with Gasteiger partial charge in [0.1, 0.15) is 11.5 Å². The van der Waals surface area contributed by atoms with Gasteiger partial charge in [0.15, 0.2) is 0 Å². The zero-order valence-electron chi connectivity index (χ0n) is 17.7. The first kappa shape index (κ1) is 23.0. The molecule has 7 nitrogen and oxygen atoms in total. The van der Waals surface area contributed by atoms with Crippen molar-refractivity contribution in [1.29, 1.82) is 0 Å². The van der Waals surface area contributed by atoms with Gasteiger partial charge in [0.2, 0.25) is 20.0 Å². The normalized spacial score (nSPS) is 16.9. The molecule has 2 aromatic rings. The molecular formula is C21H30N2O5S2. The van der Waals surface area contributed by atoms with Crippen LogP contribution in [0.3, 0.4) is 0 Å². The summed E-state index contributed by atoms with van der Waals surface area (Å²) in [4.78, 5) is 0.135. The second-order valence-electron chi connectivity index (χ2n) is 7.90. The van der Waals surface area contributed by atoms with Gasteiger partial charge in [-0.2, -0.15) is 4.31 Å². The van der Waals surface area contributed by atoms with Gasteiger partial charge in [-0.25, -0.2) is 21.6 Å². The topological polar surface area (TPSA) is 96.7 Å². The van der Waals surface area contributed by atoms with E-state index in [1.807, 2.05) is 19.9 Å². The van der Waals surface area contributed by atoms with Crippen molar-refractivity contribution in [1.82, 2.24) is 9.03 Å². The molecule has 30 heavy (non-hydrogen) atoms. The van der Waals surface area contributed by atoms with Crippen LogP contribution in [0.1, 0.15) is 57.5 Å². The maximum atomic E-state index is 13.4. The second-order valence-corrected chi connectivity index (χ2v) is 11.5. The van der Waals surface area contributed by atoms with Gasteiger partial charge in [-0.1, -0.05) is 19.8 Å². The lowest BCUT2D eigenvalue weighted by Crippen LogP contribution is -2.38. The third-order valence-corrected chi connectivity index (χ3v) is 9.07. The Balaban J connectivity index is 1.89. The minimum absolute atomic E-state index is 0.0517. The molecule has 1 fully saturated rings. The number of hydrogen-bond acceptors (Lipinski definition) is 5. The van der Waals surface area contributed by atoms with Crippen LogP contribution in [0.2, 0.25) is 0 Å². The second kappa shape index (κ2) is 9.21. The molecule has 0 unspecified atom stereocenters. The first-order valence-corrected chi connectivity index (χ1v) is 13.3. The van der Waals surface area contributed by atoms with E-state index >= 15 is 0 Å². The van der Waals surface area contributed by atoms with Crippen LogP contribution >= 0.6 is 0 Å². The van der Waals surface area contributed by atoms with Gasteiger partial charge in [0, 0.05) is 12.1 Å². The molecule has 1 saturated carbocycles. The van der Waals surface area contributed by atoms with Crippen molar-refractivity contribution in [2.45, 2.75) is 81.3 Å². The lowest BCUT2D eigenvalue weighted by molar-refractivity contribution is 0.289. The first-order valence-electron chi connectivity index (χ1n) is 10.3. The molecule has 0 spiro atoms. The third kappa shape index (κ3) is 5.14. The van der Waals surface area contributed by atoms with Crippen LogP contribution in [0.4, 0.5) is 0 Å². The molecule has 0 bridgehead atoms. The largest absolute Gasteiger partial charge is 0.465 e. The van der Waals surface area contributed by atoms with Crippen LogP contribution in [0.5, 0.6) is 0 Å². The quantitative estimate of drug-likeness (QED) is 0.622. The van der Waals surface area contributed by atoms with E-state index < -0.39 is 20.0 Å². The molecule has 9 heteroatoms. The summed E-state index contributed by atoms with van der Waals surface area (Å²) in [5.41, 5.74) is 0. The number of nitrogens with one attached hydrogen (secondary N) is 1. The molecule has 1 aromatic heterocycles. The summed E-state index contributed by atoms with van der Waals surface area (Å²) in [6.45, 7) is 5.66. The van der Waals surface area contributed by atoms with Crippen molar-refractivity contribution >= 4 is 20.0 Å². The number of furan rings is 1. The number of aryl methyl sites for hydroxylation is 1. The average molecular weight is 455 g/mol. The van der Waals surface area contributed by atoms with E-state index in [0.29, 0.717) is 12.2 Å². The lowest BCUT2D eigenvalue weighted by Gasteiger charge is -2.27. The third-order valence-electron chi connectivity index (χ3n) is 5.55. The SMILES string of the molecule is CC[C@H](C)NS(=O)(=O)c1ccc(S(=O)(=O)N(Cc2ccc(C)o2)C2CCCC2)cc1. The van der Waals surface area contributed by atoms with Crippen molar-refractivity contribution in [3.8, 4) is 0 Å². The monoisotopic (exact) mass is 454 g/mol. The zero-order chi connectivity index (χ0) is 21.9. The lowest BCUT2D eigenvalue weighted by atomic mass is 10.2. The highest BCUT2D eigenvalue weighted by atomic mass is 32.2. The zero-order valence-corrected chi connectivity index (χ0v) is 19.3. The molecule has 1 heterocycles. The van der Waals surface area contributed by atoms with Crippen LogP contribution in [0, 0.1) is 6.92 Å². The van der Waals surface area contributed by atoms with E-state index in [-0.39, 0.29) is 28.4 Å². The molecule has 1 aliphatic carbocycles. The van der Waals surface area contributed by atoms with E-state index in [1.54, 1.807) is 13.0 Å². The molecular weight excluding hydrogens is 424 g/mol. The van der Waals surface area contributed by atoms with Crippen LogP contribution < -0.4 is 4.72 Å². The Morgan fingerprint density at radius 2 is 1.63 bits per heavy atom. The molecule has 0 radical (unpaired) electrons. The van der Waals surface area contributed by atoms with Gasteiger partial charge >= 0.3 is 0 Å². The number of nitrogens with zero attached hydrogens (tertiary/aromatic N) is 1. The van der Waals surface area contributed by atoms with Gasteiger partial charge in [-0.05, 0) is 69.5 Å². The minimum atomic E-state index is -3.81. The molecule has 0 saturated heterocycles. The van der Waals surface area contributed by atoms with E-state index in [4.69, 9.17) is 4.42 Å². The summed E-state index contributed by atoms with van der Waals surface area (Å²) in [5, 5.41) is 0. The van der Waals surface area contributed by atoms with E-state index in [1.165, 1.54) is 28.6 Å². The van der Waals surface area contributed by atoms with Crippen LogP contribution in [0.15, 0.2) is 50.6 Å². The molecule has 3 rings (SSSR count). The van der Waals surface area contributed by atoms with Crippen LogP contribution in [-0.4, -0.2) is 33.2 Å². The van der Waals surface area contributed by atoms with E-state index in [0.717, 1.165) is 31.4 Å².